The summed E-state index contributed by atoms with van der Waals surface area (Å²) in [5.41, 5.74) is 4.28. The number of hydrogen-bond donors (Lipinski definition) is 1. The maximum Gasteiger partial charge on any atom is 0.226 e. The van der Waals surface area contributed by atoms with E-state index in [4.69, 9.17) is 0 Å². The number of aromatic nitrogens is 4. The SMILES string of the molecule is CC1(C)CC(Cn2cnc3cc(-c4cn[nH]c4)ccc32)CN1C(=O)C1CCCC1. The number of nitrogens with one attached hydrogen (secondary N) is 1. The second-order valence-electron chi connectivity index (χ2n) is 9.40. The van der Waals surface area contributed by atoms with Crippen molar-refractivity contribution in [2.45, 2.75) is 58.0 Å². The molecule has 0 radical (unpaired) electrons. The van der Waals surface area contributed by atoms with Crippen molar-refractivity contribution in [1.82, 2.24) is 24.6 Å². The van der Waals surface area contributed by atoms with Crippen LogP contribution in [0.3, 0.4) is 0 Å². The van der Waals surface area contributed by atoms with Crippen molar-refractivity contribution in [1.29, 1.82) is 0 Å². The van der Waals surface area contributed by atoms with Crippen molar-refractivity contribution in [3.8, 4) is 11.1 Å². The van der Waals surface area contributed by atoms with Crippen molar-refractivity contribution >= 4 is 16.9 Å². The molecular formula is C23H29N5O. The van der Waals surface area contributed by atoms with Gasteiger partial charge in [0.1, 0.15) is 0 Å². The van der Waals surface area contributed by atoms with E-state index >= 15 is 0 Å². The first kappa shape index (κ1) is 18.4. The van der Waals surface area contributed by atoms with Gasteiger partial charge in [-0.05, 0) is 56.7 Å². The molecule has 2 fully saturated rings. The highest BCUT2D eigenvalue weighted by Gasteiger charge is 2.43. The summed E-state index contributed by atoms with van der Waals surface area (Å²) in [5, 5.41) is 6.90. The zero-order chi connectivity index (χ0) is 20.0. The van der Waals surface area contributed by atoms with Crippen LogP contribution < -0.4 is 0 Å². The van der Waals surface area contributed by atoms with Crippen LogP contribution in [0.5, 0.6) is 0 Å². The van der Waals surface area contributed by atoms with Crippen LogP contribution >= 0.6 is 0 Å². The number of nitrogens with zero attached hydrogens (tertiary/aromatic N) is 4. The zero-order valence-corrected chi connectivity index (χ0v) is 17.3. The summed E-state index contributed by atoms with van der Waals surface area (Å²) in [7, 11) is 0. The summed E-state index contributed by atoms with van der Waals surface area (Å²) < 4.78 is 2.25. The molecule has 1 atom stereocenters. The fraction of sp³-hybridized carbons (Fsp3) is 0.522. The summed E-state index contributed by atoms with van der Waals surface area (Å²) in [6.45, 7) is 6.21. The summed E-state index contributed by atoms with van der Waals surface area (Å²) in [4.78, 5) is 19.9. The molecule has 1 aliphatic carbocycles. The molecule has 3 heterocycles. The van der Waals surface area contributed by atoms with Crippen molar-refractivity contribution in [2.24, 2.45) is 11.8 Å². The van der Waals surface area contributed by atoms with Gasteiger partial charge in [-0.2, -0.15) is 5.10 Å². The van der Waals surface area contributed by atoms with Crippen LogP contribution in [0, 0.1) is 11.8 Å². The van der Waals surface area contributed by atoms with Gasteiger partial charge in [-0.15, -0.1) is 0 Å². The van der Waals surface area contributed by atoms with Gasteiger partial charge in [-0.25, -0.2) is 4.98 Å². The van der Waals surface area contributed by atoms with Crippen molar-refractivity contribution < 1.29 is 4.79 Å². The molecule has 1 saturated carbocycles. The Hall–Kier alpha value is -2.63. The first-order valence-electron chi connectivity index (χ1n) is 10.8. The van der Waals surface area contributed by atoms with E-state index in [1.54, 1.807) is 0 Å². The van der Waals surface area contributed by atoms with E-state index in [0.29, 0.717) is 11.8 Å². The summed E-state index contributed by atoms with van der Waals surface area (Å²) in [5.74, 6) is 1.10. The summed E-state index contributed by atoms with van der Waals surface area (Å²) >= 11 is 0. The molecule has 5 rings (SSSR count). The first-order valence-corrected chi connectivity index (χ1v) is 10.8. The molecule has 2 aromatic heterocycles. The average Bonchev–Trinajstić information content (AvgIpc) is 3.49. The predicted molar refractivity (Wildman–Crippen MR) is 113 cm³/mol. The van der Waals surface area contributed by atoms with Crippen LogP contribution in [0.25, 0.3) is 22.2 Å². The topological polar surface area (TPSA) is 66.8 Å². The van der Waals surface area contributed by atoms with Crippen LogP contribution in [0.1, 0.15) is 46.0 Å². The zero-order valence-electron chi connectivity index (χ0n) is 17.3. The van der Waals surface area contributed by atoms with Gasteiger partial charge in [-0.3, -0.25) is 9.89 Å². The molecule has 3 aromatic rings. The highest BCUT2D eigenvalue weighted by atomic mass is 16.2. The third-order valence-corrected chi connectivity index (χ3v) is 6.84. The van der Waals surface area contributed by atoms with Gasteiger partial charge in [0.15, 0.2) is 0 Å². The molecule has 6 nitrogen and oxygen atoms in total. The van der Waals surface area contributed by atoms with Gasteiger partial charge in [0, 0.05) is 36.3 Å². The number of amides is 1. The normalized spacial score (nSPS) is 22.0. The molecular weight excluding hydrogens is 362 g/mol. The third kappa shape index (κ3) is 3.34. The van der Waals surface area contributed by atoms with Crippen LogP contribution in [0.2, 0.25) is 0 Å². The second kappa shape index (κ2) is 7.01. The van der Waals surface area contributed by atoms with Crippen LogP contribution in [-0.2, 0) is 11.3 Å². The lowest BCUT2D eigenvalue weighted by Gasteiger charge is -2.33. The summed E-state index contributed by atoms with van der Waals surface area (Å²) in [6.07, 6.45) is 11.3. The van der Waals surface area contributed by atoms with Gasteiger partial charge in [-0.1, -0.05) is 18.9 Å². The minimum absolute atomic E-state index is 0.0603. The minimum Gasteiger partial charge on any atom is -0.337 e. The molecule has 1 saturated heterocycles. The maximum atomic E-state index is 13.1. The number of likely N-dealkylation sites (tertiary alicyclic amines) is 1. The number of rotatable bonds is 4. The standard InChI is InChI=1S/C23H29N5O/c1-23(2)10-16(14-28(23)22(29)17-5-3-4-6-17)13-27-15-24-20-9-18(7-8-21(20)27)19-11-25-26-12-19/h7-9,11-12,15-17H,3-6,10,13-14H2,1-2H3,(H,25,26). The second-order valence-corrected chi connectivity index (χ2v) is 9.40. The van der Waals surface area contributed by atoms with Gasteiger partial charge in [0.05, 0.1) is 23.6 Å². The molecule has 0 bridgehead atoms. The molecule has 1 unspecified atom stereocenters. The van der Waals surface area contributed by atoms with E-state index in [-0.39, 0.29) is 11.5 Å². The van der Waals surface area contributed by atoms with Crippen molar-refractivity contribution in [3.05, 3.63) is 36.9 Å². The Morgan fingerprint density at radius 1 is 1.24 bits per heavy atom. The molecule has 29 heavy (non-hydrogen) atoms. The number of hydrogen-bond acceptors (Lipinski definition) is 3. The molecule has 0 spiro atoms. The molecule has 1 N–H and O–H groups in total. The van der Waals surface area contributed by atoms with Gasteiger partial charge < -0.3 is 9.47 Å². The monoisotopic (exact) mass is 391 g/mol. The maximum absolute atomic E-state index is 13.1. The van der Waals surface area contributed by atoms with E-state index in [2.05, 4.69) is 56.7 Å². The lowest BCUT2D eigenvalue weighted by atomic mass is 9.95. The van der Waals surface area contributed by atoms with Crippen LogP contribution in [0.4, 0.5) is 0 Å². The van der Waals surface area contributed by atoms with Crippen LogP contribution in [-0.4, -0.2) is 42.6 Å². The molecule has 2 aliphatic rings. The van der Waals surface area contributed by atoms with E-state index in [9.17, 15) is 4.79 Å². The van der Waals surface area contributed by atoms with Gasteiger partial charge >= 0.3 is 0 Å². The Kier molecular flexibility index (Phi) is 4.45. The number of fused-ring (bicyclic) bond motifs is 1. The Morgan fingerprint density at radius 2 is 2.07 bits per heavy atom. The summed E-state index contributed by atoms with van der Waals surface area (Å²) in [6, 6.07) is 6.39. The van der Waals surface area contributed by atoms with E-state index in [0.717, 1.165) is 54.5 Å². The number of benzene rings is 1. The van der Waals surface area contributed by atoms with Crippen molar-refractivity contribution in [2.75, 3.05) is 6.54 Å². The van der Waals surface area contributed by atoms with E-state index in [1.165, 1.54) is 12.8 Å². The smallest absolute Gasteiger partial charge is 0.226 e. The fourth-order valence-corrected chi connectivity index (χ4v) is 5.37. The molecule has 1 aromatic carbocycles. The quantitative estimate of drug-likeness (QED) is 0.723. The Morgan fingerprint density at radius 3 is 2.83 bits per heavy atom. The van der Waals surface area contributed by atoms with Gasteiger partial charge in [0.2, 0.25) is 5.91 Å². The fourth-order valence-electron chi connectivity index (χ4n) is 5.37. The third-order valence-electron chi connectivity index (χ3n) is 6.84. The number of H-pyrrole nitrogens is 1. The minimum atomic E-state index is -0.0603. The number of aromatic amines is 1. The highest BCUT2D eigenvalue weighted by Crippen LogP contribution is 2.38. The van der Waals surface area contributed by atoms with Crippen molar-refractivity contribution in [3.63, 3.8) is 0 Å². The Labute approximate surface area is 171 Å². The first-order chi connectivity index (χ1) is 14.0. The van der Waals surface area contributed by atoms with Gasteiger partial charge in [0.25, 0.3) is 0 Å². The molecule has 1 amide bonds. The van der Waals surface area contributed by atoms with E-state index in [1.807, 2.05) is 18.7 Å². The number of imidazole rings is 1. The average molecular weight is 392 g/mol. The lowest BCUT2D eigenvalue weighted by Crippen LogP contribution is -2.45. The van der Waals surface area contributed by atoms with E-state index < -0.39 is 0 Å². The molecule has 152 valence electrons. The number of carbonyl (C=O) groups is 1. The Bertz CT molecular complexity index is 1010. The van der Waals surface area contributed by atoms with Crippen LogP contribution in [0.15, 0.2) is 36.9 Å². The Balaban J connectivity index is 1.34. The molecule has 1 aliphatic heterocycles. The lowest BCUT2D eigenvalue weighted by molar-refractivity contribution is -0.138. The largest absolute Gasteiger partial charge is 0.337 e. The highest BCUT2D eigenvalue weighted by molar-refractivity contribution is 5.82. The number of carbonyl (C=O) groups excluding carboxylic acids is 1. The predicted octanol–water partition coefficient (Wildman–Crippen LogP) is 4.24. The molecule has 6 heteroatoms.